The Bertz CT molecular complexity index is 1040. The van der Waals surface area contributed by atoms with Crippen molar-refractivity contribution in [2.24, 2.45) is 5.92 Å². The molecule has 0 saturated heterocycles. The number of anilines is 2. The zero-order chi connectivity index (χ0) is 23.3. The molecule has 2 aromatic carbocycles. The third-order valence-corrected chi connectivity index (χ3v) is 4.83. The number of halogens is 2. The van der Waals surface area contributed by atoms with E-state index < -0.39 is 28.5 Å². The highest BCUT2D eigenvalue weighted by Gasteiger charge is 2.26. The van der Waals surface area contributed by atoms with Crippen LogP contribution in [0.2, 0.25) is 10.0 Å². The zero-order valence-corrected chi connectivity index (χ0v) is 18.4. The van der Waals surface area contributed by atoms with E-state index in [-0.39, 0.29) is 33.1 Å². The Kier molecular flexibility index (Phi) is 7.95. The highest BCUT2D eigenvalue weighted by atomic mass is 35.5. The van der Waals surface area contributed by atoms with Gasteiger partial charge in [0.25, 0.3) is 11.6 Å². The van der Waals surface area contributed by atoms with Gasteiger partial charge in [-0.05, 0) is 36.2 Å². The fourth-order valence-corrected chi connectivity index (χ4v) is 3.02. The number of nitrogens with one attached hydrogen (secondary N) is 3. The Hall–Kier alpha value is -3.17. The SMILES string of the molecule is CC(=O)Nc1ccc(Cl)c(NC(=O)C(NC(=O)c2ccc(Cl)c([N+](=O)[O-])c2)C(C)C)c1. The molecule has 1 atom stereocenters. The van der Waals surface area contributed by atoms with E-state index >= 15 is 0 Å². The summed E-state index contributed by atoms with van der Waals surface area (Å²) in [5, 5.41) is 19.0. The second-order valence-corrected chi connectivity index (χ2v) is 7.80. The van der Waals surface area contributed by atoms with Crippen LogP contribution in [0.4, 0.5) is 17.1 Å². The molecule has 9 nitrogen and oxygen atoms in total. The maximum atomic E-state index is 12.8. The molecule has 3 N–H and O–H groups in total. The van der Waals surface area contributed by atoms with Gasteiger partial charge < -0.3 is 16.0 Å². The summed E-state index contributed by atoms with van der Waals surface area (Å²) in [4.78, 5) is 47.0. The van der Waals surface area contributed by atoms with Gasteiger partial charge in [-0.1, -0.05) is 37.0 Å². The Balaban J connectivity index is 2.22. The summed E-state index contributed by atoms with van der Waals surface area (Å²) in [6, 6.07) is 7.22. The summed E-state index contributed by atoms with van der Waals surface area (Å²) >= 11 is 11.9. The number of nitrogens with zero attached hydrogens (tertiary/aromatic N) is 1. The lowest BCUT2D eigenvalue weighted by molar-refractivity contribution is -0.384. The lowest BCUT2D eigenvalue weighted by Crippen LogP contribution is -2.47. The summed E-state index contributed by atoms with van der Waals surface area (Å²) < 4.78 is 0. The van der Waals surface area contributed by atoms with Crippen molar-refractivity contribution in [3.63, 3.8) is 0 Å². The molecular weight excluding hydrogens is 447 g/mol. The van der Waals surface area contributed by atoms with Crippen LogP contribution >= 0.6 is 23.2 Å². The Morgan fingerprint density at radius 1 is 1.00 bits per heavy atom. The van der Waals surface area contributed by atoms with Gasteiger partial charge in [-0.25, -0.2) is 0 Å². The summed E-state index contributed by atoms with van der Waals surface area (Å²) in [6.45, 7) is 4.80. The van der Waals surface area contributed by atoms with E-state index in [2.05, 4.69) is 16.0 Å². The molecule has 11 heteroatoms. The fraction of sp³-hybridized carbons (Fsp3) is 0.250. The number of carbonyl (C=O) groups excluding carboxylic acids is 3. The van der Waals surface area contributed by atoms with Crippen LogP contribution in [0.25, 0.3) is 0 Å². The molecule has 0 fully saturated rings. The third kappa shape index (κ3) is 6.40. The van der Waals surface area contributed by atoms with Crippen molar-refractivity contribution in [1.82, 2.24) is 5.32 Å². The van der Waals surface area contributed by atoms with Gasteiger partial charge in [0.2, 0.25) is 11.8 Å². The molecule has 0 aliphatic heterocycles. The van der Waals surface area contributed by atoms with Crippen molar-refractivity contribution in [2.75, 3.05) is 10.6 Å². The van der Waals surface area contributed by atoms with Gasteiger partial charge in [-0.3, -0.25) is 24.5 Å². The molecule has 0 spiro atoms. The Labute approximate surface area is 188 Å². The van der Waals surface area contributed by atoms with Crippen molar-refractivity contribution in [1.29, 1.82) is 0 Å². The van der Waals surface area contributed by atoms with Crippen molar-refractivity contribution in [2.45, 2.75) is 26.8 Å². The fourth-order valence-electron chi connectivity index (χ4n) is 2.67. The van der Waals surface area contributed by atoms with Gasteiger partial charge in [-0.2, -0.15) is 0 Å². The number of benzene rings is 2. The van der Waals surface area contributed by atoms with Crippen molar-refractivity contribution >= 4 is 58.0 Å². The summed E-state index contributed by atoms with van der Waals surface area (Å²) in [5.41, 5.74) is 0.257. The monoisotopic (exact) mass is 466 g/mol. The molecule has 0 radical (unpaired) electrons. The number of hydrogen-bond acceptors (Lipinski definition) is 5. The van der Waals surface area contributed by atoms with Gasteiger partial charge in [0.1, 0.15) is 11.1 Å². The Morgan fingerprint density at radius 2 is 1.65 bits per heavy atom. The van der Waals surface area contributed by atoms with Crippen molar-refractivity contribution in [3.8, 4) is 0 Å². The molecule has 31 heavy (non-hydrogen) atoms. The van der Waals surface area contributed by atoms with Crippen LogP contribution in [0.5, 0.6) is 0 Å². The standard InChI is InChI=1S/C20H20Cl2N4O5/c1-10(2)18(25-19(28)12-4-6-15(22)17(8-12)26(30)31)20(29)24-16-9-13(23-11(3)27)5-7-14(16)21/h4-10,18H,1-3H3,(H,23,27)(H,24,29)(H,25,28). The van der Waals surface area contributed by atoms with Crippen molar-refractivity contribution in [3.05, 3.63) is 62.1 Å². The quantitative estimate of drug-likeness (QED) is 0.414. The molecule has 0 saturated carbocycles. The second kappa shape index (κ2) is 10.2. The predicted octanol–water partition coefficient (Wildman–Crippen LogP) is 4.25. The highest BCUT2D eigenvalue weighted by molar-refractivity contribution is 6.34. The number of nitro groups is 1. The first kappa shape index (κ1) is 24.1. The van der Waals surface area contributed by atoms with Crippen LogP contribution in [-0.2, 0) is 9.59 Å². The highest BCUT2D eigenvalue weighted by Crippen LogP contribution is 2.27. The molecule has 0 aliphatic carbocycles. The third-order valence-electron chi connectivity index (χ3n) is 4.19. The van der Waals surface area contributed by atoms with Crippen LogP contribution in [0.1, 0.15) is 31.1 Å². The van der Waals surface area contributed by atoms with Crippen LogP contribution < -0.4 is 16.0 Å². The average molecular weight is 467 g/mol. The molecule has 0 aromatic heterocycles. The van der Waals surface area contributed by atoms with E-state index in [1.807, 2.05) is 0 Å². The number of amides is 3. The zero-order valence-electron chi connectivity index (χ0n) is 16.9. The molecular formula is C20H20Cl2N4O5. The molecule has 1 unspecified atom stereocenters. The molecule has 164 valence electrons. The molecule has 0 aliphatic rings. The van der Waals surface area contributed by atoms with Crippen molar-refractivity contribution < 1.29 is 19.3 Å². The van der Waals surface area contributed by atoms with Gasteiger partial charge in [0, 0.05) is 24.2 Å². The minimum Gasteiger partial charge on any atom is -0.340 e. The molecule has 3 amide bonds. The molecule has 0 bridgehead atoms. The Morgan fingerprint density at radius 3 is 2.23 bits per heavy atom. The van der Waals surface area contributed by atoms with Gasteiger partial charge in [0.05, 0.1) is 15.6 Å². The van der Waals surface area contributed by atoms with Gasteiger partial charge >= 0.3 is 0 Å². The second-order valence-electron chi connectivity index (χ2n) is 6.98. The molecule has 0 heterocycles. The first-order valence-electron chi connectivity index (χ1n) is 9.12. The minimum atomic E-state index is -0.970. The predicted molar refractivity (Wildman–Crippen MR) is 119 cm³/mol. The maximum absolute atomic E-state index is 12.8. The summed E-state index contributed by atoms with van der Waals surface area (Å²) in [6.07, 6.45) is 0. The maximum Gasteiger partial charge on any atom is 0.288 e. The van der Waals surface area contributed by atoms with Crippen LogP contribution in [0.15, 0.2) is 36.4 Å². The number of nitro benzene ring substituents is 1. The number of rotatable bonds is 7. The molecule has 2 aromatic rings. The largest absolute Gasteiger partial charge is 0.340 e. The van der Waals surface area contributed by atoms with Crippen LogP contribution in [0, 0.1) is 16.0 Å². The van der Waals surface area contributed by atoms with Gasteiger partial charge in [-0.15, -0.1) is 0 Å². The van der Waals surface area contributed by atoms with E-state index in [4.69, 9.17) is 23.2 Å². The van der Waals surface area contributed by atoms with E-state index in [1.165, 1.54) is 31.2 Å². The van der Waals surface area contributed by atoms with Crippen LogP contribution in [-0.4, -0.2) is 28.7 Å². The van der Waals surface area contributed by atoms with E-state index in [0.717, 1.165) is 6.07 Å². The van der Waals surface area contributed by atoms with E-state index in [1.54, 1.807) is 19.9 Å². The summed E-state index contributed by atoms with van der Waals surface area (Å²) in [5.74, 6) is -1.83. The van der Waals surface area contributed by atoms with Gasteiger partial charge in [0.15, 0.2) is 0 Å². The topological polar surface area (TPSA) is 130 Å². The first-order valence-corrected chi connectivity index (χ1v) is 9.88. The average Bonchev–Trinajstić information content (AvgIpc) is 2.67. The van der Waals surface area contributed by atoms with Crippen LogP contribution in [0.3, 0.4) is 0 Å². The lowest BCUT2D eigenvalue weighted by atomic mass is 10.0. The summed E-state index contributed by atoms with van der Waals surface area (Å²) in [7, 11) is 0. The normalized spacial score (nSPS) is 11.5. The smallest absolute Gasteiger partial charge is 0.288 e. The number of hydrogen-bond donors (Lipinski definition) is 3. The number of carbonyl (C=O) groups is 3. The van der Waals surface area contributed by atoms with E-state index in [0.29, 0.717) is 5.69 Å². The van der Waals surface area contributed by atoms with E-state index in [9.17, 15) is 24.5 Å². The minimum absolute atomic E-state index is 0.0137. The first-order chi connectivity index (χ1) is 14.5. The molecule has 2 rings (SSSR count). The lowest BCUT2D eigenvalue weighted by Gasteiger charge is -2.22.